The number of carbonyl (C=O) groups is 1. The number of nitrogens with zero attached hydrogens (tertiary/aromatic N) is 2. The van der Waals surface area contributed by atoms with Gasteiger partial charge in [-0.15, -0.1) is 11.3 Å². The minimum atomic E-state index is -4.01. The highest BCUT2D eigenvalue weighted by Crippen LogP contribution is 2.28. The Hall–Kier alpha value is -3.01. The minimum Gasteiger partial charge on any atom is -0.322 e. The van der Waals surface area contributed by atoms with Gasteiger partial charge in [0.25, 0.3) is 15.9 Å². The molecular weight excluding hydrogens is 473 g/mol. The number of rotatable bonds is 5. The molecule has 32 heavy (non-hydrogen) atoms. The number of sulfonamides is 1. The van der Waals surface area contributed by atoms with Gasteiger partial charge < -0.3 is 5.32 Å². The lowest BCUT2D eigenvalue weighted by atomic mass is 10.2. The second-order valence-electron chi connectivity index (χ2n) is 6.96. The Bertz CT molecular complexity index is 1440. The summed E-state index contributed by atoms with van der Waals surface area (Å²) in [6.07, 6.45) is 0. The standard InChI is InChI=1S/C22H17ClFN3O3S2/c1-13-25-20-10-5-15(11-21(20)31-13)26-22(28)18-12-17(8-9-19(18)23)32(29,30)27(2)16-6-3-14(24)4-7-16/h3-12H,1-2H3,(H,26,28). The van der Waals surface area contributed by atoms with Crippen molar-refractivity contribution in [2.24, 2.45) is 0 Å². The summed E-state index contributed by atoms with van der Waals surface area (Å²) in [5.74, 6) is -1.02. The highest BCUT2D eigenvalue weighted by molar-refractivity contribution is 7.92. The first kappa shape index (κ1) is 22.2. The SMILES string of the molecule is Cc1nc2ccc(NC(=O)c3cc(S(=O)(=O)N(C)c4ccc(F)cc4)ccc3Cl)cc2s1. The van der Waals surface area contributed by atoms with Gasteiger partial charge in [0.2, 0.25) is 0 Å². The summed E-state index contributed by atoms with van der Waals surface area (Å²) in [5.41, 5.74) is 1.67. The number of fused-ring (bicyclic) bond motifs is 1. The van der Waals surface area contributed by atoms with Crippen molar-refractivity contribution >= 4 is 60.5 Å². The van der Waals surface area contributed by atoms with Crippen LogP contribution in [0.25, 0.3) is 10.2 Å². The molecule has 1 heterocycles. The Morgan fingerprint density at radius 3 is 2.53 bits per heavy atom. The van der Waals surface area contributed by atoms with Gasteiger partial charge in [-0.1, -0.05) is 11.6 Å². The molecule has 0 bridgehead atoms. The lowest BCUT2D eigenvalue weighted by molar-refractivity contribution is 0.102. The van der Waals surface area contributed by atoms with Crippen LogP contribution >= 0.6 is 22.9 Å². The number of carbonyl (C=O) groups excluding carboxylic acids is 1. The second-order valence-corrected chi connectivity index (χ2v) is 10.6. The van der Waals surface area contributed by atoms with E-state index < -0.39 is 21.7 Å². The molecule has 0 spiro atoms. The number of anilines is 2. The molecule has 0 atom stereocenters. The van der Waals surface area contributed by atoms with E-state index in [1.807, 2.05) is 6.92 Å². The Kier molecular flexibility index (Phi) is 5.89. The van der Waals surface area contributed by atoms with Gasteiger partial charge in [0.05, 0.1) is 36.4 Å². The Balaban J connectivity index is 1.63. The Morgan fingerprint density at radius 1 is 1.09 bits per heavy atom. The molecule has 0 saturated carbocycles. The first-order chi connectivity index (χ1) is 15.1. The smallest absolute Gasteiger partial charge is 0.264 e. The molecule has 10 heteroatoms. The first-order valence-corrected chi connectivity index (χ1v) is 12.0. The van der Waals surface area contributed by atoms with Crippen molar-refractivity contribution in [1.82, 2.24) is 4.98 Å². The van der Waals surface area contributed by atoms with Crippen LogP contribution in [0.3, 0.4) is 0 Å². The Morgan fingerprint density at radius 2 is 1.81 bits per heavy atom. The number of halogens is 2. The molecule has 1 amide bonds. The molecule has 0 saturated heterocycles. The zero-order chi connectivity index (χ0) is 23.0. The highest BCUT2D eigenvalue weighted by Gasteiger charge is 2.24. The van der Waals surface area contributed by atoms with Gasteiger partial charge in [-0.05, 0) is 67.6 Å². The van der Waals surface area contributed by atoms with Gasteiger partial charge in [0, 0.05) is 12.7 Å². The summed E-state index contributed by atoms with van der Waals surface area (Å²) in [5, 5.41) is 3.78. The molecule has 3 aromatic carbocycles. The molecule has 0 aliphatic heterocycles. The summed E-state index contributed by atoms with van der Waals surface area (Å²) in [6.45, 7) is 1.90. The fourth-order valence-corrected chi connectivity index (χ4v) is 5.39. The van der Waals surface area contributed by atoms with E-state index in [-0.39, 0.29) is 21.2 Å². The fraction of sp³-hybridized carbons (Fsp3) is 0.0909. The van der Waals surface area contributed by atoms with E-state index in [9.17, 15) is 17.6 Å². The van der Waals surface area contributed by atoms with E-state index in [1.165, 1.54) is 60.8 Å². The van der Waals surface area contributed by atoms with E-state index in [2.05, 4.69) is 10.3 Å². The van der Waals surface area contributed by atoms with Crippen LogP contribution in [-0.4, -0.2) is 26.4 Å². The van der Waals surface area contributed by atoms with Gasteiger partial charge in [-0.25, -0.2) is 17.8 Å². The summed E-state index contributed by atoms with van der Waals surface area (Å²) in [6, 6.07) is 14.3. The summed E-state index contributed by atoms with van der Waals surface area (Å²) in [4.78, 5) is 17.1. The van der Waals surface area contributed by atoms with Crippen LogP contribution in [-0.2, 0) is 10.0 Å². The number of aromatic nitrogens is 1. The van der Waals surface area contributed by atoms with Crippen LogP contribution in [0.5, 0.6) is 0 Å². The molecule has 6 nitrogen and oxygen atoms in total. The van der Waals surface area contributed by atoms with Crippen LogP contribution in [0.4, 0.5) is 15.8 Å². The van der Waals surface area contributed by atoms with Gasteiger partial charge in [0.15, 0.2) is 0 Å². The first-order valence-electron chi connectivity index (χ1n) is 9.38. The van der Waals surface area contributed by atoms with Crippen molar-refractivity contribution in [3.8, 4) is 0 Å². The topological polar surface area (TPSA) is 79.4 Å². The van der Waals surface area contributed by atoms with Crippen molar-refractivity contribution in [3.63, 3.8) is 0 Å². The zero-order valence-corrected chi connectivity index (χ0v) is 19.4. The maximum absolute atomic E-state index is 13.2. The molecule has 1 N–H and O–H groups in total. The molecule has 0 aliphatic carbocycles. The molecule has 0 unspecified atom stereocenters. The number of nitrogens with one attached hydrogen (secondary N) is 1. The quantitative estimate of drug-likeness (QED) is 0.403. The van der Waals surface area contributed by atoms with E-state index >= 15 is 0 Å². The zero-order valence-electron chi connectivity index (χ0n) is 17.0. The largest absolute Gasteiger partial charge is 0.322 e. The van der Waals surface area contributed by atoms with Crippen LogP contribution < -0.4 is 9.62 Å². The maximum Gasteiger partial charge on any atom is 0.264 e. The van der Waals surface area contributed by atoms with E-state index in [1.54, 1.807) is 18.2 Å². The van der Waals surface area contributed by atoms with Crippen LogP contribution in [0.15, 0.2) is 65.6 Å². The van der Waals surface area contributed by atoms with Gasteiger partial charge >= 0.3 is 0 Å². The molecule has 0 fully saturated rings. The summed E-state index contributed by atoms with van der Waals surface area (Å²) < 4.78 is 41.2. The van der Waals surface area contributed by atoms with Gasteiger partial charge in [0.1, 0.15) is 5.82 Å². The number of hydrogen-bond donors (Lipinski definition) is 1. The third-order valence-corrected chi connectivity index (χ3v) is 7.83. The molecule has 4 aromatic rings. The monoisotopic (exact) mass is 489 g/mol. The maximum atomic E-state index is 13.2. The van der Waals surface area contributed by atoms with Crippen LogP contribution in [0.2, 0.25) is 5.02 Å². The second kappa shape index (κ2) is 8.50. The highest BCUT2D eigenvalue weighted by atomic mass is 35.5. The molecule has 0 aliphatic rings. The molecular formula is C22H17ClFN3O3S2. The van der Waals surface area contributed by atoms with Crippen molar-refractivity contribution in [3.05, 3.63) is 82.1 Å². The van der Waals surface area contributed by atoms with Crippen LogP contribution in [0, 0.1) is 12.7 Å². The lowest BCUT2D eigenvalue weighted by Gasteiger charge is -2.20. The number of hydrogen-bond acceptors (Lipinski definition) is 5. The van der Waals surface area contributed by atoms with E-state index in [4.69, 9.17) is 11.6 Å². The Labute approximate surface area is 193 Å². The molecule has 4 rings (SSSR count). The lowest BCUT2D eigenvalue weighted by Crippen LogP contribution is -2.27. The number of aryl methyl sites for hydroxylation is 1. The third-order valence-electron chi connectivity index (χ3n) is 4.78. The normalized spacial score (nSPS) is 11.5. The predicted molar refractivity (Wildman–Crippen MR) is 126 cm³/mol. The minimum absolute atomic E-state index is 0.0147. The number of amides is 1. The molecule has 164 valence electrons. The van der Waals surface area contributed by atoms with Gasteiger partial charge in [-0.3, -0.25) is 9.10 Å². The van der Waals surface area contributed by atoms with E-state index in [0.717, 1.165) is 19.5 Å². The third kappa shape index (κ3) is 4.32. The molecule has 1 aromatic heterocycles. The van der Waals surface area contributed by atoms with Crippen molar-refractivity contribution in [1.29, 1.82) is 0 Å². The van der Waals surface area contributed by atoms with Crippen molar-refractivity contribution < 1.29 is 17.6 Å². The molecule has 0 radical (unpaired) electrons. The van der Waals surface area contributed by atoms with Crippen molar-refractivity contribution in [2.45, 2.75) is 11.8 Å². The number of benzene rings is 3. The summed E-state index contributed by atoms with van der Waals surface area (Å²) >= 11 is 7.70. The fourth-order valence-electron chi connectivity index (χ4n) is 3.10. The average Bonchev–Trinajstić information content (AvgIpc) is 3.13. The average molecular weight is 490 g/mol. The summed E-state index contributed by atoms with van der Waals surface area (Å²) in [7, 11) is -2.66. The van der Waals surface area contributed by atoms with Gasteiger partial charge in [-0.2, -0.15) is 0 Å². The van der Waals surface area contributed by atoms with Crippen LogP contribution in [0.1, 0.15) is 15.4 Å². The van der Waals surface area contributed by atoms with Crippen molar-refractivity contribution in [2.75, 3.05) is 16.7 Å². The van der Waals surface area contributed by atoms with E-state index in [0.29, 0.717) is 5.69 Å². The number of thiazole rings is 1. The predicted octanol–water partition coefficient (Wildman–Crippen LogP) is 5.47.